The first kappa shape index (κ1) is 21.8. The molecule has 4 heteroatoms. The molecular weight excluding hydrogens is 376 g/mol. The third kappa shape index (κ3) is 4.99. The summed E-state index contributed by atoms with van der Waals surface area (Å²) < 4.78 is 18.0. The van der Waals surface area contributed by atoms with E-state index in [1.165, 1.54) is 10.4 Å². The Morgan fingerprint density at radius 1 is 0.966 bits per heavy atom. The first-order chi connectivity index (χ1) is 14.0. The molecule has 3 nitrogen and oxygen atoms in total. The van der Waals surface area contributed by atoms with Crippen molar-refractivity contribution in [3.05, 3.63) is 60.7 Å². The minimum atomic E-state index is -2.52. The van der Waals surface area contributed by atoms with Crippen LogP contribution in [0.2, 0.25) is 5.04 Å². The molecule has 0 unspecified atom stereocenters. The Balaban J connectivity index is 1.88. The highest BCUT2D eigenvalue weighted by atomic mass is 28.4. The summed E-state index contributed by atoms with van der Waals surface area (Å²) in [6, 6.07) is 21.3. The van der Waals surface area contributed by atoms with Gasteiger partial charge in [-0.1, -0.05) is 93.3 Å². The molecular formula is C25H32O3Si. The van der Waals surface area contributed by atoms with E-state index >= 15 is 0 Å². The van der Waals surface area contributed by atoms with E-state index in [0.29, 0.717) is 6.61 Å². The van der Waals surface area contributed by atoms with Crippen molar-refractivity contribution in [3.63, 3.8) is 0 Å². The Hall–Kier alpha value is -1.90. The fourth-order valence-electron chi connectivity index (χ4n) is 4.13. The average molecular weight is 409 g/mol. The molecule has 29 heavy (non-hydrogen) atoms. The summed E-state index contributed by atoms with van der Waals surface area (Å²) in [5.41, 5.74) is 0. The van der Waals surface area contributed by atoms with Gasteiger partial charge in [0.05, 0.1) is 6.61 Å². The lowest BCUT2D eigenvalue weighted by Crippen LogP contribution is -2.66. The van der Waals surface area contributed by atoms with Crippen LogP contribution in [0.15, 0.2) is 60.7 Å². The number of hydrogen-bond donors (Lipinski definition) is 0. The third-order valence-electron chi connectivity index (χ3n) is 5.53. The van der Waals surface area contributed by atoms with E-state index in [2.05, 4.69) is 93.3 Å². The Morgan fingerprint density at radius 3 is 2.07 bits per heavy atom. The van der Waals surface area contributed by atoms with Crippen LogP contribution < -0.4 is 10.4 Å². The van der Waals surface area contributed by atoms with Gasteiger partial charge in [-0.3, -0.25) is 0 Å². The van der Waals surface area contributed by atoms with Crippen LogP contribution >= 0.6 is 0 Å². The molecule has 0 aromatic heterocycles. The molecule has 2 aromatic carbocycles. The number of benzene rings is 2. The fourth-order valence-corrected chi connectivity index (χ4v) is 8.57. The molecule has 3 rings (SSSR count). The molecule has 1 heterocycles. The van der Waals surface area contributed by atoms with Crippen LogP contribution in [-0.2, 0) is 13.9 Å². The lowest BCUT2D eigenvalue weighted by Gasteiger charge is -2.42. The highest BCUT2D eigenvalue weighted by Gasteiger charge is 2.49. The largest absolute Gasteiger partial charge is 0.396 e. The van der Waals surface area contributed by atoms with Crippen molar-refractivity contribution >= 4 is 18.7 Å². The predicted octanol–water partition coefficient (Wildman–Crippen LogP) is 4.11. The molecule has 0 N–H and O–H groups in total. The van der Waals surface area contributed by atoms with Crippen molar-refractivity contribution < 1.29 is 13.9 Å². The van der Waals surface area contributed by atoms with Crippen LogP contribution in [0.4, 0.5) is 0 Å². The number of methoxy groups -OCH3 is 1. The molecule has 0 aliphatic carbocycles. The molecule has 0 amide bonds. The second-order valence-electron chi connectivity index (χ2n) is 8.49. The van der Waals surface area contributed by atoms with Crippen molar-refractivity contribution in [1.29, 1.82) is 0 Å². The zero-order chi connectivity index (χ0) is 20.7. The van der Waals surface area contributed by atoms with Gasteiger partial charge in [0.15, 0.2) is 6.29 Å². The Kier molecular flexibility index (Phi) is 7.32. The zero-order valence-corrected chi connectivity index (χ0v) is 19.0. The van der Waals surface area contributed by atoms with E-state index in [1.54, 1.807) is 7.11 Å². The van der Waals surface area contributed by atoms with Gasteiger partial charge in [0, 0.05) is 7.11 Å². The van der Waals surface area contributed by atoms with Crippen molar-refractivity contribution in [2.45, 2.75) is 57.5 Å². The third-order valence-corrected chi connectivity index (χ3v) is 10.5. The minimum Gasteiger partial charge on any atom is -0.396 e. The number of hydrogen-bond acceptors (Lipinski definition) is 3. The summed E-state index contributed by atoms with van der Waals surface area (Å²) in [4.78, 5) is 0. The van der Waals surface area contributed by atoms with E-state index in [9.17, 15) is 0 Å². The van der Waals surface area contributed by atoms with E-state index in [-0.39, 0.29) is 17.4 Å². The van der Waals surface area contributed by atoms with Crippen molar-refractivity contribution in [2.75, 3.05) is 13.7 Å². The second kappa shape index (κ2) is 9.73. The van der Waals surface area contributed by atoms with E-state index in [4.69, 9.17) is 13.9 Å². The summed E-state index contributed by atoms with van der Waals surface area (Å²) in [6.45, 7) is 7.23. The lowest BCUT2D eigenvalue weighted by atomic mass is 10.1. The minimum absolute atomic E-state index is 0.0418. The maximum atomic E-state index is 6.79. The van der Waals surface area contributed by atoms with Gasteiger partial charge in [0.2, 0.25) is 0 Å². The molecule has 0 radical (unpaired) electrons. The second-order valence-corrected chi connectivity index (χ2v) is 12.8. The highest BCUT2D eigenvalue weighted by Crippen LogP contribution is 2.36. The molecule has 0 spiro atoms. The zero-order valence-electron chi connectivity index (χ0n) is 18.0. The first-order valence-corrected chi connectivity index (χ1v) is 12.3. The molecule has 2 aromatic rings. The molecule has 1 aliphatic heterocycles. The SMILES string of the molecule is CO[C@@H]1CCC[C@@H](C#CCO[Si](c2ccccc2)(c2ccccc2)C(C)(C)C)O1. The first-order valence-electron chi connectivity index (χ1n) is 10.4. The Morgan fingerprint density at radius 2 is 1.55 bits per heavy atom. The fraction of sp³-hybridized carbons (Fsp3) is 0.440. The van der Waals surface area contributed by atoms with Crippen molar-refractivity contribution in [2.24, 2.45) is 0 Å². The van der Waals surface area contributed by atoms with Crippen LogP contribution in [0.3, 0.4) is 0 Å². The molecule has 154 valence electrons. The predicted molar refractivity (Wildman–Crippen MR) is 121 cm³/mol. The molecule has 0 bridgehead atoms. The van der Waals surface area contributed by atoms with E-state index in [1.807, 2.05) is 0 Å². The quantitative estimate of drug-likeness (QED) is 0.550. The highest BCUT2D eigenvalue weighted by molar-refractivity contribution is 6.99. The van der Waals surface area contributed by atoms with Crippen LogP contribution in [0.1, 0.15) is 40.0 Å². The summed E-state index contributed by atoms with van der Waals surface area (Å²) in [5, 5.41) is 2.50. The van der Waals surface area contributed by atoms with Gasteiger partial charge >= 0.3 is 0 Å². The van der Waals surface area contributed by atoms with Crippen molar-refractivity contribution in [1.82, 2.24) is 0 Å². The topological polar surface area (TPSA) is 27.7 Å². The van der Waals surface area contributed by atoms with Crippen LogP contribution in [0, 0.1) is 11.8 Å². The molecule has 1 fully saturated rings. The van der Waals surface area contributed by atoms with Gasteiger partial charge in [-0.2, -0.15) is 0 Å². The summed E-state index contributed by atoms with van der Waals surface area (Å²) >= 11 is 0. The van der Waals surface area contributed by atoms with E-state index in [0.717, 1.165) is 19.3 Å². The van der Waals surface area contributed by atoms with Gasteiger partial charge in [0.25, 0.3) is 8.32 Å². The summed E-state index contributed by atoms with van der Waals surface area (Å²) in [5.74, 6) is 6.51. The number of ether oxygens (including phenoxy) is 2. The Labute approximate surface area is 176 Å². The lowest BCUT2D eigenvalue weighted by molar-refractivity contribution is -0.164. The monoisotopic (exact) mass is 408 g/mol. The van der Waals surface area contributed by atoms with Gasteiger partial charge in [-0.05, 0) is 34.7 Å². The molecule has 1 saturated heterocycles. The van der Waals surface area contributed by atoms with Gasteiger partial charge < -0.3 is 13.9 Å². The van der Waals surface area contributed by atoms with Crippen LogP contribution in [-0.4, -0.2) is 34.4 Å². The standard InChI is InChI=1S/C25H32O3Si/c1-25(2,3)29(22-15-7-5-8-16-22,23-17-9-6-10-18-23)27-20-12-14-21-13-11-19-24(26-4)28-21/h5-10,15-18,21,24H,11,13,19-20H2,1-4H3/t21-,24-/m0/s1. The number of rotatable bonds is 5. The van der Waals surface area contributed by atoms with Gasteiger partial charge in [0.1, 0.15) is 6.10 Å². The molecule has 1 aliphatic rings. The summed E-state index contributed by atoms with van der Waals surface area (Å²) in [7, 11) is -0.837. The van der Waals surface area contributed by atoms with Crippen LogP contribution in [0.25, 0.3) is 0 Å². The molecule has 0 saturated carbocycles. The maximum Gasteiger partial charge on any atom is 0.262 e. The maximum absolute atomic E-state index is 6.79. The molecule has 2 atom stereocenters. The van der Waals surface area contributed by atoms with Crippen LogP contribution in [0.5, 0.6) is 0 Å². The Bertz CT molecular complexity index is 778. The van der Waals surface area contributed by atoms with Crippen molar-refractivity contribution in [3.8, 4) is 11.8 Å². The smallest absolute Gasteiger partial charge is 0.262 e. The summed E-state index contributed by atoms with van der Waals surface area (Å²) in [6.07, 6.45) is 2.75. The average Bonchev–Trinajstić information content (AvgIpc) is 2.74. The van der Waals surface area contributed by atoms with Gasteiger partial charge in [-0.15, -0.1) is 0 Å². The normalized spacial score (nSPS) is 20.0. The van der Waals surface area contributed by atoms with Gasteiger partial charge in [-0.25, -0.2) is 0 Å². The van der Waals surface area contributed by atoms with E-state index < -0.39 is 8.32 Å².